The largest absolute Gasteiger partial charge is 0.356 e. The van der Waals surface area contributed by atoms with E-state index in [-0.39, 0.29) is 23.5 Å². The predicted molar refractivity (Wildman–Crippen MR) is 92.9 cm³/mol. The number of benzene rings is 1. The molecule has 1 unspecified atom stereocenters. The lowest BCUT2D eigenvalue weighted by atomic mass is 10.1. The molecule has 2 N–H and O–H groups in total. The summed E-state index contributed by atoms with van der Waals surface area (Å²) < 4.78 is 22.6. The summed E-state index contributed by atoms with van der Waals surface area (Å²) in [6.45, 7) is 0.978. The summed E-state index contributed by atoms with van der Waals surface area (Å²) in [5.74, 6) is 0.339. The van der Waals surface area contributed by atoms with Crippen LogP contribution >= 0.6 is 23.2 Å². The molecule has 128 valence electrons. The van der Waals surface area contributed by atoms with Crippen LogP contribution in [0.2, 0.25) is 10.0 Å². The second-order valence-corrected chi connectivity index (χ2v) is 8.71. The van der Waals surface area contributed by atoms with Crippen molar-refractivity contribution in [3.63, 3.8) is 0 Å². The number of nitrogens with one attached hydrogen (secondary N) is 2. The van der Waals surface area contributed by atoms with Crippen LogP contribution in [0.25, 0.3) is 0 Å². The summed E-state index contributed by atoms with van der Waals surface area (Å²) in [5, 5.41) is 7.12. The Hall–Kier alpha value is -0.820. The first-order valence-electron chi connectivity index (χ1n) is 7.50. The summed E-state index contributed by atoms with van der Waals surface area (Å²) >= 11 is 11.9. The average Bonchev–Trinajstić information content (AvgIpc) is 2.81. The van der Waals surface area contributed by atoms with Crippen molar-refractivity contribution in [2.75, 3.05) is 24.6 Å². The van der Waals surface area contributed by atoms with Gasteiger partial charge in [-0.15, -0.1) is 0 Å². The number of hydrogen-bond acceptors (Lipinski definition) is 4. The minimum absolute atomic E-state index is 0.0272. The van der Waals surface area contributed by atoms with Gasteiger partial charge >= 0.3 is 0 Å². The molecule has 1 atom stereocenters. The normalized spacial score (nSPS) is 19.7. The molecule has 0 aromatic heterocycles. The van der Waals surface area contributed by atoms with E-state index in [2.05, 4.69) is 10.6 Å². The van der Waals surface area contributed by atoms with Crippen LogP contribution in [0.4, 0.5) is 0 Å². The van der Waals surface area contributed by atoms with Gasteiger partial charge in [0.15, 0.2) is 9.84 Å². The molecule has 1 aliphatic heterocycles. The molecule has 0 saturated carbocycles. The Morgan fingerprint density at radius 1 is 1.26 bits per heavy atom. The fourth-order valence-electron chi connectivity index (χ4n) is 2.50. The second-order valence-electron chi connectivity index (χ2n) is 5.64. The van der Waals surface area contributed by atoms with Gasteiger partial charge in [-0.25, -0.2) is 8.42 Å². The maximum Gasteiger partial charge on any atom is 0.221 e. The van der Waals surface area contributed by atoms with Crippen LogP contribution in [0.5, 0.6) is 0 Å². The van der Waals surface area contributed by atoms with E-state index in [4.69, 9.17) is 23.2 Å². The highest BCUT2D eigenvalue weighted by Crippen LogP contribution is 2.21. The molecule has 1 heterocycles. The number of hydrogen-bond donors (Lipinski definition) is 2. The zero-order valence-corrected chi connectivity index (χ0v) is 15.0. The van der Waals surface area contributed by atoms with Gasteiger partial charge in [0, 0.05) is 35.6 Å². The fourth-order valence-corrected chi connectivity index (χ4v) is 4.71. The van der Waals surface area contributed by atoms with Crippen molar-refractivity contribution < 1.29 is 13.2 Å². The van der Waals surface area contributed by atoms with E-state index in [1.807, 2.05) is 6.07 Å². The van der Waals surface area contributed by atoms with Crippen molar-refractivity contribution in [2.45, 2.75) is 25.3 Å². The zero-order chi connectivity index (χ0) is 16.9. The summed E-state index contributed by atoms with van der Waals surface area (Å²) in [4.78, 5) is 11.7. The topological polar surface area (TPSA) is 75.3 Å². The van der Waals surface area contributed by atoms with Gasteiger partial charge in [0.05, 0.1) is 11.5 Å². The molecule has 0 bridgehead atoms. The summed E-state index contributed by atoms with van der Waals surface area (Å²) in [5.41, 5.74) is 0.936. The Morgan fingerprint density at radius 2 is 2.04 bits per heavy atom. The molecule has 0 aliphatic carbocycles. The van der Waals surface area contributed by atoms with Crippen molar-refractivity contribution in [1.82, 2.24) is 10.6 Å². The molecule has 1 fully saturated rings. The van der Waals surface area contributed by atoms with Crippen molar-refractivity contribution in [3.05, 3.63) is 33.8 Å². The van der Waals surface area contributed by atoms with Gasteiger partial charge < -0.3 is 10.6 Å². The third-order valence-corrected chi connectivity index (χ3v) is 6.10. The number of halogens is 2. The van der Waals surface area contributed by atoms with Crippen LogP contribution in [0.3, 0.4) is 0 Å². The zero-order valence-electron chi connectivity index (χ0n) is 12.6. The highest BCUT2D eigenvalue weighted by molar-refractivity contribution is 7.91. The van der Waals surface area contributed by atoms with E-state index >= 15 is 0 Å². The molecule has 8 heteroatoms. The maximum atomic E-state index is 11.7. The van der Waals surface area contributed by atoms with E-state index in [1.54, 1.807) is 12.1 Å². The molecule has 1 aliphatic rings. The van der Waals surface area contributed by atoms with Crippen LogP contribution in [0, 0.1) is 0 Å². The van der Waals surface area contributed by atoms with Crippen LogP contribution in [0.1, 0.15) is 18.4 Å². The third kappa shape index (κ3) is 6.30. The summed E-state index contributed by atoms with van der Waals surface area (Å²) in [6, 6.07) is 5.27. The Balaban J connectivity index is 1.62. The molecule has 23 heavy (non-hydrogen) atoms. The van der Waals surface area contributed by atoms with Crippen LogP contribution in [-0.2, 0) is 21.1 Å². The van der Waals surface area contributed by atoms with Crippen LogP contribution < -0.4 is 10.6 Å². The number of amides is 1. The first-order valence-corrected chi connectivity index (χ1v) is 10.1. The first kappa shape index (κ1) is 18.5. The van der Waals surface area contributed by atoms with E-state index in [1.165, 1.54) is 0 Å². The van der Waals surface area contributed by atoms with Gasteiger partial charge in [-0.3, -0.25) is 4.79 Å². The van der Waals surface area contributed by atoms with Crippen molar-refractivity contribution >= 4 is 38.9 Å². The standard InChI is InChI=1S/C15H20Cl2N2O3S/c16-12-2-1-11(14(17)9-12)3-6-19-15(20)4-7-18-13-5-8-23(21,22)10-13/h1-2,9,13,18H,3-8,10H2,(H,19,20). The van der Waals surface area contributed by atoms with Gasteiger partial charge in [0.1, 0.15) is 0 Å². The van der Waals surface area contributed by atoms with Gasteiger partial charge in [-0.2, -0.15) is 0 Å². The van der Waals surface area contributed by atoms with E-state index in [0.29, 0.717) is 42.4 Å². The predicted octanol–water partition coefficient (Wildman–Crippen LogP) is 1.82. The number of carbonyl (C=O) groups excluding carboxylic acids is 1. The van der Waals surface area contributed by atoms with Crippen molar-refractivity contribution in [1.29, 1.82) is 0 Å². The summed E-state index contributed by atoms with van der Waals surface area (Å²) in [7, 11) is -2.88. The molecule has 1 aromatic carbocycles. The Morgan fingerprint density at radius 3 is 2.70 bits per heavy atom. The van der Waals surface area contributed by atoms with Crippen LogP contribution in [0.15, 0.2) is 18.2 Å². The van der Waals surface area contributed by atoms with E-state index in [9.17, 15) is 13.2 Å². The molecule has 1 saturated heterocycles. The van der Waals surface area contributed by atoms with Crippen LogP contribution in [-0.4, -0.2) is 45.0 Å². The lowest BCUT2D eigenvalue weighted by Gasteiger charge is -2.11. The minimum atomic E-state index is -2.88. The average molecular weight is 379 g/mol. The monoisotopic (exact) mass is 378 g/mol. The highest BCUT2D eigenvalue weighted by Gasteiger charge is 2.27. The summed E-state index contributed by atoms with van der Waals surface area (Å²) in [6.07, 6.45) is 1.58. The van der Waals surface area contributed by atoms with Gasteiger partial charge in [-0.1, -0.05) is 29.3 Å². The number of rotatable bonds is 7. The van der Waals surface area contributed by atoms with E-state index in [0.717, 1.165) is 5.56 Å². The van der Waals surface area contributed by atoms with E-state index < -0.39 is 9.84 Å². The number of sulfone groups is 1. The quantitative estimate of drug-likeness (QED) is 0.758. The molecule has 2 rings (SSSR count). The Kier molecular flexibility index (Phi) is 6.71. The Labute approximate surface area is 146 Å². The van der Waals surface area contributed by atoms with Crippen molar-refractivity contribution in [3.8, 4) is 0 Å². The highest BCUT2D eigenvalue weighted by atomic mass is 35.5. The lowest BCUT2D eigenvalue weighted by molar-refractivity contribution is -0.120. The molecule has 1 amide bonds. The lowest BCUT2D eigenvalue weighted by Crippen LogP contribution is -2.34. The van der Waals surface area contributed by atoms with Gasteiger partial charge in [-0.05, 0) is 30.5 Å². The SMILES string of the molecule is O=C(CCNC1CCS(=O)(=O)C1)NCCc1ccc(Cl)cc1Cl. The molecular formula is C15H20Cl2N2O3S. The molecule has 1 aromatic rings. The molecule has 0 spiro atoms. The number of carbonyl (C=O) groups is 1. The molecule has 5 nitrogen and oxygen atoms in total. The minimum Gasteiger partial charge on any atom is -0.356 e. The Bertz CT molecular complexity index is 665. The van der Waals surface area contributed by atoms with Gasteiger partial charge in [0.25, 0.3) is 0 Å². The second kappa shape index (κ2) is 8.33. The van der Waals surface area contributed by atoms with Gasteiger partial charge in [0.2, 0.25) is 5.91 Å². The fraction of sp³-hybridized carbons (Fsp3) is 0.533. The smallest absolute Gasteiger partial charge is 0.221 e. The third-order valence-electron chi connectivity index (χ3n) is 3.75. The maximum absolute atomic E-state index is 11.7. The van der Waals surface area contributed by atoms with Crippen molar-refractivity contribution in [2.24, 2.45) is 0 Å². The first-order chi connectivity index (χ1) is 10.9. The molecule has 0 radical (unpaired) electrons. The molecular weight excluding hydrogens is 359 g/mol.